The fourth-order valence-corrected chi connectivity index (χ4v) is 5.53. The highest BCUT2D eigenvalue weighted by Gasteiger charge is 2.28. The van der Waals surface area contributed by atoms with E-state index in [1.165, 1.54) is 10.9 Å². The molecule has 0 spiro atoms. The van der Waals surface area contributed by atoms with Gasteiger partial charge in [0.05, 0.1) is 11.3 Å². The van der Waals surface area contributed by atoms with Crippen molar-refractivity contribution in [2.24, 2.45) is 0 Å². The number of amides is 1. The van der Waals surface area contributed by atoms with Gasteiger partial charge in [-0.15, -0.1) is 0 Å². The number of unbranched alkanes of at least 4 members (excludes halogenated alkanes) is 1. The van der Waals surface area contributed by atoms with Crippen LogP contribution in [0.2, 0.25) is 0 Å². The van der Waals surface area contributed by atoms with Crippen LogP contribution in [-0.2, 0) is 15.9 Å². The van der Waals surface area contributed by atoms with Crippen LogP contribution < -0.4 is 10.1 Å². The number of nitrogens with zero attached hydrogens (tertiary/aromatic N) is 4. The van der Waals surface area contributed by atoms with Gasteiger partial charge in [0, 0.05) is 50.6 Å². The third-order valence-electron chi connectivity index (χ3n) is 7.65. The number of anilines is 1. The Morgan fingerprint density at radius 2 is 1.89 bits per heavy atom. The number of fused-ring (bicyclic) bond motifs is 1. The molecule has 5 rings (SSSR count). The van der Waals surface area contributed by atoms with Crippen LogP contribution >= 0.6 is 0 Å². The number of benzene rings is 2. The molecule has 9 nitrogen and oxygen atoms in total. The van der Waals surface area contributed by atoms with Crippen molar-refractivity contribution in [3.63, 3.8) is 0 Å². The molecular formula is C35H43N5O4. The summed E-state index contributed by atoms with van der Waals surface area (Å²) in [4.78, 5) is 28.3. The third-order valence-corrected chi connectivity index (χ3v) is 7.65. The zero-order chi connectivity index (χ0) is 31.1. The molecule has 44 heavy (non-hydrogen) atoms. The van der Waals surface area contributed by atoms with Crippen LogP contribution in [0.3, 0.4) is 0 Å². The second-order valence-corrected chi connectivity index (χ2v) is 12.3. The lowest BCUT2D eigenvalue weighted by atomic mass is 9.98. The summed E-state index contributed by atoms with van der Waals surface area (Å²) >= 11 is 0. The van der Waals surface area contributed by atoms with Gasteiger partial charge in [0.2, 0.25) is 11.8 Å². The number of ether oxygens (including phenoxy) is 3. The van der Waals surface area contributed by atoms with Gasteiger partial charge < -0.3 is 24.4 Å². The number of carbonyl (C=O) groups excluding carboxylic acids is 1. The number of carbonyl (C=O) groups is 1. The predicted molar refractivity (Wildman–Crippen MR) is 173 cm³/mol. The van der Waals surface area contributed by atoms with Crippen molar-refractivity contribution in [2.75, 3.05) is 32.1 Å². The highest BCUT2D eigenvalue weighted by molar-refractivity contribution is 5.92. The first kappa shape index (κ1) is 31.2. The Kier molecular flexibility index (Phi) is 9.95. The molecule has 0 unspecified atom stereocenters. The first-order valence-electron chi connectivity index (χ1n) is 15.4. The number of aromatic nitrogens is 3. The smallest absolute Gasteiger partial charge is 0.410 e. The minimum atomic E-state index is -0.532. The monoisotopic (exact) mass is 597 g/mol. The molecule has 0 radical (unpaired) electrons. The van der Waals surface area contributed by atoms with Crippen molar-refractivity contribution in [3.05, 3.63) is 72.1 Å². The van der Waals surface area contributed by atoms with Gasteiger partial charge in [0.25, 0.3) is 0 Å². The van der Waals surface area contributed by atoms with Crippen LogP contribution in [0.4, 0.5) is 10.7 Å². The molecule has 3 heterocycles. The number of hydrogen-bond donors (Lipinski definition) is 1. The Morgan fingerprint density at radius 3 is 2.70 bits per heavy atom. The van der Waals surface area contributed by atoms with Crippen molar-refractivity contribution < 1.29 is 19.0 Å². The third kappa shape index (κ3) is 7.82. The Labute approximate surface area is 260 Å². The van der Waals surface area contributed by atoms with E-state index in [-0.39, 0.29) is 12.1 Å². The molecule has 1 amide bonds. The van der Waals surface area contributed by atoms with Crippen LogP contribution in [0.1, 0.15) is 57.6 Å². The molecule has 2 aromatic carbocycles. The second-order valence-electron chi connectivity index (χ2n) is 12.3. The molecule has 0 saturated carbocycles. The summed E-state index contributed by atoms with van der Waals surface area (Å²) in [6.07, 6.45) is 8.01. The van der Waals surface area contributed by atoms with Crippen LogP contribution in [0, 0.1) is 6.92 Å². The maximum Gasteiger partial charge on any atom is 0.410 e. The van der Waals surface area contributed by atoms with E-state index < -0.39 is 5.60 Å². The summed E-state index contributed by atoms with van der Waals surface area (Å²) < 4.78 is 17.4. The summed E-state index contributed by atoms with van der Waals surface area (Å²) in [5.41, 5.74) is 3.26. The van der Waals surface area contributed by atoms with Crippen molar-refractivity contribution in [1.82, 2.24) is 19.9 Å². The quantitative estimate of drug-likeness (QED) is 0.187. The highest BCUT2D eigenvalue weighted by Crippen LogP contribution is 2.37. The number of likely N-dealkylation sites (tertiary alicyclic amines) is 1. The van der Waals surface area contributed by atoms with E-state index in [1.807, 2.05) is 39.0 Å². The number of piperidine rings is 1. The average Bonchev–Trinajstić information content (AvgIpc) is 3.00. The van der Waals surface area contributed by atoms with Gasteiger partial charge in [-0.2, -0.15) is 0 Å². The fraction of sp³-hybridized carbons (Fsp3) is 0.429. The second kappa shape index (κ2) is 14.0. The van der Waals surface area contributed by atoms with Gasteiger partial charge in [0.15, 0.2) is 0 Å². The van der Waals surface area contributed by atoms with E-state index in [0.29, 0.717) is 30.6 Å². The molecule has 1 aliphatic rings. The number of methoxy groups -OCH3 is 1. The van der Waals surface area contributed by atoms with Gasteiger partial charge in [-0.05, 0) is 94.5 Å². The van der Waals surface area contributed by atoms with Crippen molar-refractivity contribution in [2.45, 2.75) is 71.4 Å². The number of nitrogens with one attached hydrogen (secondary N) is 1. The Morgan fingerprint density at radius 1 is 1.02 bits per heavy atom. The first-order chi connectivity index (χ1) is 21.2. The number of pyridine rings is 1. The zero-order valence-electron chi connectivity index (χ0n) is 26.4. The van der Waals surface area contributed by atoms with Crippen molar-refractivity contribution >= 4 is 22.8 Å². The summed E-state index contributed by atoms with van der Waals surface area (Å²) in [5.74, 6) is 1.76. The SMILES string of the molecule is COCCCCc1cccc2c(Oc3ncccc3-c3ccnc(N[C@H]4CCCN(C(=O)OC(C)(C)C)C4)n3)c(C)ccc12. The highest BCUT2D eigenvalue weighted by atomic mass is 16.6. The molecule has 9 heteroatoms. The minimum absolute atomic E-state index is 0.0122. The number of hydrogen-bond acceptors (Lipinski definition) is 8. The largest absolute Gasteiger partial charge is 0.444 e. The lowest BCUT2D eigenvalue weighted by Gasteiger charge is -2.34. The van der Waals surface area contributed by atoms with Crippen LogP contribution in [0.25, 0.3) is 22.0 Å². The maximum absolute atomic E-state index is 12.7. The standard InChI is InChI=1S/C35H43N5O4/c1-24-16-17-27-25(11-6-7-22-42-5)12-8-14-28(27)31(24)43-32-29(15-9-19-36-32)30-18-20-37-33(39-30)38-26-13-10-21-40(23-26)34(41)44-35(2,3)4/h8-9,12,14-20,26H,6-7,10-11,13,21-23H2,1-5H3,(H,37,38,39)/t26-/m0/s1. The predicted octanol–water partition coefficient (Wildman–Crippen LogP) is 7.57. The van der Waals surface area contributed by atoms with Gasteiger partial charge in [-0.3, -0.25) is 0 Å². The Bertz CT molecular complexity index is 1590. The Hall–Kier alpha value is -4.24. The van der Waals surface area contributed by atoms with Gasteiger partial charge in [-0.25, -0.2) is 19.7 Å². The average molecular weight is 598 g/mol. The van der Waals surface area contributed by atoms with Gasteiger partial charge in [-0.1, -0.05) is 30.3 Å². The number of rotatable bonds is 10. The summed E-state index contributed by atoms with van der Waals surface area (Å²) in [5, 5.41) is 5.67. The summed E-state index contributed by atoms with van der Waals surface area (Å²) in [7, 11) is 1.74. The van der Waals surface area contributed by atoms with E-state index >= 15 is 0 Å². The molecule has 1 saturated heterocycles. The lowest BCUT2D eigenvalue weighted by Crippen LogP contribution is -2.47. The molecular weight excluding hydrogens is 554 g/mol. The van der Waals surface area contributed by atoms with Crippen LogP contribution in [0.15, 0.2) is 60.9 Å². The van der Waals surface area contributed by atoms with E-state index in [4.69, 9.17) is 19.2 Å². The lowest BCUT2D eigenvalue weighted by molar-refractivity contribution is 0.0206. The minimum Gasteiger partial charge on any atom is -0.444 e. The van der Waals surface area contributed by atoms with Crippen LogP contribution in [0.5, 0.6) is 11.6 Å². The van der Waals surface area contributed by atoms with Gasteiger partial charge >= 0.3 is 6.09 Å². The van der Waals surface area contributed by atoms with E-state index in [0.717, 1.165) is 61.0 Å². The van der Waals surface area contributed by atoms with Crippen molar-refractivity contribution in [3.8, 4) is 22.9 Å². The normalized spacial score (nSPS) is 15.3. The topological polar surface area (TPSA) is 98.7 Å². The van der Waals surface area contributed by atoms with E-state index in [9.17, 15) is 4.79 Å². The van der Waals surface area contributed by atoms with E-state index in [1.54, 1.807) is 24.4 Å². The van der Waals surface area contributed by atoms with Crippen LogP contribution in [-0.4, -0.2) is 64.4 Å². The molecule has 4 aromatic rings. The first-order valence-corrected chi connectivity index (χ1v) is 15.4. The van der Waals surface area contributed by atoms with Gasteiger partial charge in [0.1, 0.15) is 11.4 Å². The van der Waals surface area contributed by atoms with Crippen molar-refractivity contribution in [1.29, 1.82) is 0 Å². The molecule has 1 atom stereocenters. The van der Waals surface area contributed by atoms with E-state index in [2.05, 4.69) is 52.5 Å². The number of aryl methyl sites for hydroxylation is 2. The molecule has 0 bridgehead atoms. The maximum atomic E-state index is 12.7. The molecule has 2 aromatic heterocycles. The molecule has 1 fully saturated rings. The molecule has 1 N–H and O–H groups in total. The molecule has 1 aliphatic heterocycles. The molecule has 232 valence electrons. The zero-order valence-corrected chi connectivity index (χ0v) is 26.4. The summed E-state index contributed by atoms with van der Waals surface area (Å²) in [6.45, 7) is 9.67. The summed E-state index contributed by atoms with van der Waals surface area (Å²) in [6, 6.07) is 16.4. The molecule has 0 aliphatic carbocycles. The fourth-order valence-electron chi connectivity index (χ4n) is 5.53. The Balaban J connectivity index is 1.36.